The lowest BCUT2D eigenvalue weighted by Crippen LogP contribution is -2.25. The molecule has 0 heterocycles. The summed E-state index contributed by atoms with van der Waals surface area (Å²) in [5.41, 5.74) is 2.16. The smallest absolute Gasteiger partial charge is 0.261 e. The van der Waals surface area contributed by atoms with Crippen LogP contribution in [0.1, 0.15) is 17.5 Å². The van der Waals surface area contributed by atoms with Gasteiger partial charge in [0.2, 0.25) is 0 Å². The predicted molar refractivity (Wildman–Crippen MR) is 95.5 cm³/mol. The second-order valence-corrected chi connectivity index (χ2v) is 5.89. The highest BCUT2D eigenvalue weighted by Crippen LogP contribution is 2.18. The lowest BCUT2D eigenvalue weighted by atomic mass is 10.1. The van der Waals surface area contributed by atoms with Gasteiger partial charge in [0.25, 0.3) is 5.91 Å². The van der Waals surface area contributed by atoms with Crippen LogP contribution in [0.2, 0.25) is 0 Å². The van der Waals surface area contributed by atoms with Gasteiger partial charge in [0.1, 0.15) is 11.6 Å². The molecule has 0 aliphatic rings. The van der Waals surface area contributed by atoms with Crippen LogP contribution in [0.15, 0.2) is 64.6 Å². The van der Waals surface area contributed by atoms with Gasteiger partial charge in [-0.25, -0.2) is 0 Å². The van der Waals surface area contributed by atoms with E-state index in [0.29, 0.717) is 6.54 Å². The monoisotopic (exact) mass is 368 g/mol. The molecule has 23 heavy (non-hydrogen) atoms. The van der Waals surface area contributed by atoms with Crippen LogP contribution in [0.5, 0.6) is 0 Å². The Balaban J connectivity index is 1.88. The fourth-order valence-electron chi connectivity index (χ4n) is 2.13. The van der Waals surface area contributed by atoms with Crippen molar-refractivity contribution >= 4 is 27.9 Å². The van der Waals surface area contributed by atoms with Gasteiger partial charge in [-0.05, 0) is 36.1 Å². The highest BCUT2D eigenvalue weighted by molar-refractivity contribution is 9.10. The molecule has 2 aromatic rings. The van der Waals surface area contributed by atoms with E-state index in [-0.39, 0.29) is 11.5 Å². The standard InChI is InChI=1S/C19H17BrN2O/c20-18-11-5-4-10-16(18)13-17(14-21)19(23)22-12-6-9-15-7-2-1-3-8-15/h1-5,7-8,10-11,13H,6,9,12H2,(H,22,23)/b17-13-. The number of benzene rings is 2. The highest BCUT2D eigenvalue weighted by atomic mass is 79.9. The minimum absolute atomic E-state index is 0.108. The molecule has 3 nitrogen and oxygen atoms in total. The van der Waals surface area contributed by atoms with Gasteiger partial charge in [-0.1, -0.05) is 64.5 Å². The molecular formula is C19H17BrN2O. The molecule has 0 bridgehead atoms. The molecule has 0 saturated carbocycles. The molecule has 0 saturated heterocycles. The van der Waals surface area contributed by atoms with Gasteiger partial charge in [-0.2, -0.15) is 5.26 Å². The molecule has 4 heteroatoms. The summed E-state index contributed by atoms with van der Waals surface area (Å²) in [5.74, 6) is -0.337. The molecule has 0 unspecified atom stereocenters. The summed E-state index contributed by atoms with van der Waals surface area (Å²) < 4.78 is 0.852. The summed E-state index contributed by atoms with van der Waals surface area (Å²) in [6.45, 7) is 0.544. The van der Waals surface area contributed by atoms with Gasteiger partial charge in [0, 0.05) is 11.0 Å². The average Bonchev–Trinajstić information content (AvgIpc) is 2.59. The van der Waals surface area contributed by atoms with E-state index < -0.39 is 0 Å². The summed E-state index contributed by atoms with van der Waals surface area (Å²) in [6, 6.07) is 19.6. The number of hydrogen-bond acceptors (Lipinski definition) is 2. The van der Waals surface area contributed by atoms with E-state index in [2.05, 4.69) is 33.4 Å². The van der Waals surface area contributed by atoms with Crippen LogP contribution in [-0.4, -0.2) is 12.5 Å². The second kappa shape index (κ2) is 8.92. The third-order valence-corrected chi connectivity index (χ3v) is 4.06. The molecule has 2 aromatic carbocycles. The molecule has 0 aliphatic heterocycles. The van der Waals surface area contributed by atoms with E-state index in [1.54, 1.807) is 6.08 Å². The molecular weight excluding hydrogens is 352 g/mol. The minimum atomic E-state index is -0.337. The molecule has 0 fully saturated rings. The Bertz CT molecular complexity index is 733. The number of rotatable bonds is 6. The zero-order chi connectivity index (χ0) is 16.5. The number of nitriles is 1. The molecule has 0 aliphatic carbocycles. The molecule has 1 N–H and O–H groups in total. The van der Waals surface area contributed by atoms with E-state index in [9.17, 15) is 10.1 Å². The maximum absolute atomic E-state index is 12.1. The first kappa shape index (κ1) is 17.0. The number of aryl methyl sites for hydroxylation is 1. The summed E-state index contributed by atoms with van der Waals surface area (Å²) >= 11 is 3.41. The number of carbonyl (C=O) groups excluding carboxylic acids is 1. The van der Waals surface area contributed by atoms with Gasteiger partial charge in [0.15, 0.2) is 0 Å². The van der Waals surface area contributed by atoms with Crippen molar-refractivity contribution in [2.75, 3.05) is 6.54 Å². The van der Waals surface area contributed by atoms with Crippen LogP contribution in [0, 0.1) is 11.3 Å². The molecule has 0 radical (unpaired) electrons. The Morgan fingerprint density at radius 2 is 1.83 bits per heavy atom. The van der Waals surface area contributed by atoms with E-state index in [4.69, 9.17) is 0 Å². The van der Waals surface area contributed by atoms with Crippen molar-refractivity contribution in [3.63, 3.8) is 0 Å². The molecule has 1 amide bonds. The topological polar surface area (TPSA) is 52.9 Å². The molecule has 0 aromatic heterocycles. The SMILES string of the molecule is N#C/C(=C/c1ccccc1Br)C(=O)NCCCc1ccccc1. The first-order chi connectivity index (χ1) is 11.2. The number of nitrogens with zero attached hydrogens (tertiary/aromatic N) is 1. The van der Waals surface area contributed by atoms with Gasteiger partial charge in [0.05, 0.1) is 0 Å². The maximum atomic E-state index is 12.1. The van der Waals surface area contributed by atoms with Crippen molar-refractivity contribution in [1.82, 2.24) is 5.32 Å². The maximum Gasteiger partial charge on any atom is 0.261 e. The quantitative estimate of drug-likeness (QED) is 0.473. The van der Waals surface area contributed by atoms with Crippen molar-refractivity contribution in [3.8, 4) is 6.07 Å². The fraction of sp³-hybridized carbons (Fsp3) is 0.158. The van der Waals surface area contributed by atoms with Crippen LogP contribution in [0.3, 0.4) is 0 Å². The number of carbonyl (C=O) groups is 1. The Kier molecular flexibility index (Phi) is 6.58. The second-order valence-electron chi connectivity index (χ2n) is 5.04. The Hall–Kier alpha value is -2.38. The van der Waals surface area contributed by atoms with E-state index in [1.807, 2.05) is 48.5 Å². The summed E-state index contributed by atoms with van der Waals surface area (Å²) in [4.78, 5) is 12.1. The zero-order valence-corrected chi connectivity index (χ0v) is 14.2. The Labute approximate surface area is 144 Å². The van der Waals surface area contributed by atoms with Crippen molar-refractivity contribution in [1.29, 1.82) is 5.26 Å². The molecule has 116 valence electrons. The number of amides is 1. The van der Waals surface area contributed by atoms with Crippen LogP contribution < -0.4 is 5.32 Å². The van der Waals surface area contributed by atoms with E-state index >= 15 is 0 Å². The third kappa shape index (κ3) is 5.39. The molecule has 2 rings (SSSR count). The van der Waals surface area contributed by atoms with Gasteiger partial charge in [-0.15, -0.1) is 0 Å². The Morgan fingerprint density at radius 3 is 2.52 bits per heavy atom. The average molecular weight is 369 g/mol. The fourth-order valence-corrected chi connectivity index (χ4v) is 2.53. The largest absolute Gasteiger partial charge is 0.351 e. The van der Waals surface area contributed by atoms with Crippen molar-refractivity contribution in [2.24, 2.45) is 0 Å². The lowest BCUT2D eigenvalue weighted by Gasteiger charge is -2.05. The van der Waals surface area contributed by atoms with Crippen LogP contribution in [0.25, 0.3) is 6.08 Å². The Morgan fingerprint density at radius 1 is 1.13 bits per heavy atom. The molecule has 0 spiro atoms. The van der Waals surface area contributed by atoms with E-state index in [1.165, 1.54) is 5.56 Å². The number of halogens is 1. The molecule has 0 atom stereocenters. The predicted octanol–water partition coefficient (Wildman–Crippen LogP) is 4.11. The first-order valence-electron chi connectivity index (χ1n) is 7.39. The van der Waals surface area contributed by atoms with Crippen LogP contribution >= 0.6 is 15.9 Å². The van der Waals surface area contributed by atoms with Gasteiger partial charge in [-0.3, -0.25) is 4.79 Å². The van der Waals surface area contributed by atoms with E-state index in [0.717, 1.165) is 22.9 Å². The number of hydrogen-bond donors (Lipinski definition) is 1. The first-order valence-corrected chi connectivity index (χ1v) is 8.18. The normalized spacial score (nSPS) is 10.9. The third-order valence-electron chi connectivity index (χ3n) is 3.34. The summed E-state index contributed by atoms with van der Waals surface area (Å²) in [7, 11) is 0. The van der Waals surface area contributed by atoms with Crippen molar-refractivity contribution in [2.45, 2.75) is 12.8 Å². The summed E-state index contributed by atoms with van der Waals surface area (Å²) in [5, 5.41) is 12.0. The lowest BCUT2D eigenvalue weighted by molar-refractivity contribution is -0.117. The zero-order valence-electron chi connectivity index (χ0n) is 12.6. The summed E-state index contributed by atoms with van der Waals surface area (Å²) in [6.07, 6.45) is 3.33. The minimum Gasteiger partial charge on any atom is -0.351 e. The van der Waals surface area contributed by atoms with Crippen LogP contribution in [0.4, 0.5) is 0 Å². The van der Waals surface area contributed by atoms with Crippen molar-refractivity contribution < 1.29 is 4.79 Å². The highest BCUT2D eigenvalue weighted by Gasteiger charge is 2.09. The van der Waals surface area contributed by atoms with Crippen molar-refractivity contribution in [3.05, 3.63) is 75.8 Å². The van der Waals surface area contributed by atoms with Gasteiger partial charge < -0.3 is 5.32 Å². The number of nitrogens with one attached hydrogen (secondary N) is 1. The van der Waals surface area contributed by atoms with Crippen LogP contribution in [-0.2, 0) is 11.2 Å². The van der Waals surface area contributed by atoms with Gasteiger partial charge >= 0.3 is 0 Å².